The minimum absolute atomic E-state index is 0.277. The Bertz CT molecular complexity index is 614. The highest BCUT2D eigenvalue weighted by Gasteiger charge is 2.24. The average Bonchev–Trinajstić information content (AvgIpc) is 3.31. The molecule has 0 aromatic carbocycles. The van der Waals surface area contributed by atoms with Crippen molar-refractivity contribution in [2.45, 2.75) is 26.3 Å². The van der Waals surface area contributed by atoms with Crippen molar-refractivity contribution in [3.63, 3.8) is 0 Å². The first kappa shape index (κ1) is 18.6. The van der Waals surface area contributed by atoms with Crippen LogP contribution in [0.3, 0.4) is 0 Å². The lowest BCUT2D eigenvalue weighted by molar-refractivity contribution is -0.131. The molecule has 1 N–H and O–H groups in total. The number of likely N-dealkylation sites (tertiary alicyclic amines) is 1. The average molecular weight is 362 g/mol. The van der Waals surface area contributed by atoms with Crippen molar-refractivity contribution in [1.82, 2.24) is 34.8 Å². The SMILES string of the molecule is CCNC(=NCc1ncnn1C)N1CCN(CC(=O)N2CCCC2)CC1. The van der Waals surface area contributed by atoms with Gasteiger partial charge in [0, 0.05) is 52.9 Å². The van der Waals surface area contributed by atoms with Gasteiger partial charge >= 0.3 is 0 Å². The Balaban J connectivity index is 1.50. The molecule has 0 saturated carbocycles. The van der Waals surface area contributed by atoms with E-state index >= 15 is 0 Å². The van der Waals surface area contributed by atoms with Gasteiger partial charge in [-0.2, -0.15) is 5.10 Å². The summed E-state index contributed by atoms with van der Waals surface area (Å²) >= 11 is 0. The van der Waals surface area contributed by atoms with Gasteiger partial charge in [-0.3, -0.25) is 14.4 Å². The molecule has 2 aliphatic rings. The molecule has 144 valence electrons. The first-order valence-electron chi connectivity index (χ1n) is 9.53. The fourth-order valence-electron chi connectivity index (χ4n) is 3.41. The number of guanidine groups is 1. The lowest BCUT2D eigenvalue weighted by atomic mass is 10.3. The van der Waals surface area contributed by atoms with Gasteiger partial charge in [0.25, 0.3) is 0 Å². The number of aliphatic imine (C=N–C) groups is 1. The van der Waals surface area contributed by atoms with Crippen molar-refractivity contribution < 1.29 is 4.79 Å². The van der Waals surface area contributed by atoms with E-state index in [9.17, 15) is 4.79 Å². The Hall–Kier alpha value is -2.16. The summed E-state index contributed by atoms with van der Waals surface area (Å²) in [6, 6.07) is 0. The van der Waals surface area contributed by atoms with E-state index in [1.807, 2.05) is 11.9 Å². The second-order valence-corrected chi connectivity index (χ2v) is 6.82. The van der Waals surface area contributed by atoms with E-state index in [4.69, 9.17) is 4.99 Å². The molecule has 0 aliphatic carbocycles. The van der Waals surface area contributed by atoms with Gasteiger partial charge in [-0.1, -0.05) is 0 Å². The highest BCUT2D eigenvalue weighted by Crippen LogP contribution is 2.09. The predicted octanol–water partition coefficient (Wildman–Crippen LogP) is -0.479. The van der Waals surface area contributed by atoms with E-state index < -0.39 is 0 Å². The quantitative estimate of drug-likeness (QED) is 0.563. The molecule has 3 rings (SSSR count). The standard InChI is InChI=1S/C17H30N8O/c1-3-18-17(19-12-15-20-14-21-22(15)2)25-10-8-23(9-11-25)13-16(26)24-6-4-5-7-24/h14H,3-13H2,1-2H3,(H,18,19). The van der Waals surface area contributed by atoms with Crippen LogP contribution in [-0.4, -0.2) is 93.7 Å². The Labute approximate surface area is 155 Å². The number of carbonyl (C=O) groups is 1. The second kappa shape index (κ2) is 8.98. The zero-order valence-electron chi connectivity index (χ0n) is 15.9. The van der Waals surface area contributed by atoms with Crippen LogP contribution >= 0.6 is 0 Å². The molecule has 3 heterocycles. The number of nitrogens with one attached hydrogen (secondary N) is 1. The number of carbonyl (C=O) groups excluding carboxylic acids is 1. The summed E-state index contributed by atoms with van der Waals surface area (Å²) in [5.41, 5.74) is 0. The van der Waals surface area contributed by atoms with Crippen LogP contribution in [0.1, 0.15) is 25.6 Å². The highest BCUT2D eigenvalue weighted by atomic mass is 16.2. The number of nitrogens with zero attached hydrogens (tertiary/aromatic N) is 7. The molecule has 26 heavy (non-hydrogen) atoms. The monoisotopic (exact) mass is 362 g/mol. The van der Waals surface area contributed by atoms with Crippen LogP contribution in [0.5, 0.6) is 0 Å². The van der Waals surface area contributed by atoms with Gasteiger partial charge in [-0.05, 0) is 19.8 Å². The van der Waals surface area contributed by atoms with Crippen LogP contribution in [0.15, 0.2) is 11.3 Å². The fourth-order valence-corrected chi connectivity index (χ4v) is 3.41. The third kappa shape index (κ3) is 4.72. The van der Waals surface area contributed by atoms with Gasteiger partial charge in [-0.25, -0.2) is 9.98 Å². The van der Waals surface area contributed by atoms with Gasteiger partial charge < -0.3 is 15.1 Å². The van der Waals surface area contributed by atoms with Crippen molar-refractivity contribution in [3.05, 3.63) is 12.2 Å². The third-order valence-corrected chi connectivity index (χ3v) is 5.00. The summed E-state index contributed by atoms with van der Waals surface area (Å²) in [7, 11) is 1.88. The zero-order chi connectivity index (χ0) is 18.4. The smallest absolute Gasteiger partial charge is 0.236 e. The number of aryl methyl sites for hydroxylation is 1. The molecule has 9 heteroatoms. The molecule has 2 fully saturated rings. The Morgan fingerprint density at radius 3 is 2.50 bits per heavy atom. The summed E-state index contributed by atoms with van der Waals surface area (Å²) in [5.74, 6) is 2.02. The molecule has 0 unspecified atom stereocenters. The van der Waals surface area contributed by atoms with E-state index in [1.165, 1.54) is 0 Å². The topological polar surface area (TPSA) is 81.9 Å². The molecule has 1 aromatic heterocycles. The molecular formula is C17H30N8O. The molecule has 0 atom stereocenters. The number of hydrogen-bond donors (Lipinski definition) is 1. The summed E-state index contributed by atoms with van der Waals surface area (Å²) < 4.78 is 1.75. The first-order valence-corrected chi connectivity index (χ1v) is 9.53. The lowest BCUT2D eigenvalue weighted by Crippen LogP contribution is -2.54. The van der Waals surface area contributed by atoms with E-state index in [0.29, 0.717) is 13.1 Å². The van der Waals surface area contributed by atoms with Gasteiger partial charge in [0.1, 0.15) is 18.7 Å². The number of amides is 1. The highest BCUT2D eigenvalue weighted by molar-refractivity contribution is 5.80. The van der Waals surface area contributed by atoms with Crippen LogP contribution in [0.4, 0.5) is 0 Å². The van der Waals surface area contributed by atoms with Crippen LogP contribution in [-0.2, 0) is 18.4 Å². The number of aromatic nitrogens is 3. The maximum absolute atomic E-state index is 12.3. The maximum Gasteiger partial charge on any atom is 0.236 e. The normalized spacial score (nSPS) is 19.2. The van der Waals surface area contributed by atoms with Gasteiger partial charge in [-0.15, -0.1) is 0 Å². The molecule has 2 aliphatic heterocycles. The van der Waals surface area contributed by atoms with Gasteiger partial charge in [0.2, 0.25) is 5.91 Å². The molecule has 9 nitrogen and oxygen atoms in total. The fraction of sp³-hybridized carbons (Fsp3) is 0.765. The molecule has 1 amide bonds. The summed E-state index contributed by atoms with van der Waals surface area (Å²) in [6.45, 7) is 9.31. The predicted molar refractivity (Wildman–Crippen MR) is 99.6 cm³/mol. The van der Waals surface area contributed by atoms with E-state index in [1.54, 1.807) is 11.0 Å². The minimum atomic E-state index is 0.277. The summed E-state index contributed by atoms with van der Waals surface area (Å²) in [4.78, 5) is 27.8. The molecule has 2 saturated heterocycles. The molecule has 0 radical (unpaired) electrons. The Morgan fingerprint density at radius 2 is 1.88 bits per heavy atom. The van der Waals surface area contributed by atoms with Crippen LogP contribution < -0.4 is 5.32 Å². The minimum Gasteiger partial charge on any atom is -0.357 e. The van der Waals surface area contributed by atoms with Crippen molar-refractivity contribution in [2.75, 3.05) is 52.4 Å². The molecule has 1 aromatic rings. The number of rotatable bonds is 5. The van der Waals surface area contributed by atoms with Crippen LogP contribution in [0.25, 0.3) is 0 Å². The zero-order valence-corrected chi connectivity index (χ0v) is 15.9. The molecular weight excluding hydrogens is 332 g/mol. The second-order valence-electron chi connectivity index (χ2n) is 6.82. The molecule has 0 bridgehead atoms. The summed E-state index contributed by atoms with van der Waals surface area (Å²) in [6.07, 6.45) is 3.84. The van der Waals surface area contributed by atoms with E-state index in [0.717, 1.165) is 70.4 Å². The van der Waals surface area contributed by atoms with Crippen molar-refractivity contribution in [3.8, 4) is 0 Å². The lowest BCUT2D eigenvalue weighted by Gasteiger charge is -2.36. The first-order chi connectivity index (χ1) is 12.7. The number of piperazine rings is 1. The van der Waals surface area contributed by atoms with Crippen LogP contribution in [0, 0.1) is 0 Å². The largest absolute Gasteiger partial charge is 0.357 e. The van der Waals surface area contributed by atoms with E-state index in [-0.39, 0.29) is 5.91 Å². The third-order valence-electron chi connectivity index (χ3n) is 5.00. The molecule has 0 spiro atoms. The van der Waals surface area contributed by atoms with Crippen molar-refractivity contribution in [1.29, 1.82) is 0 Å². The van der Waals surface area contributed by atoms with Gasteiger partial charge in [0.15, 0.2) is 5.96 Å². The van der Waals surface area contributed by atoms with Gasteiger partial charge in [0.05, 0.1) is 6.54 Å². The van der Waals surface area contributed by atoms with Crippen LogP contribution in [0.2, 0.25) is 0 Å². The van der Waals surface area contributed by atoms with E-state index in [2.05, 4.69) is 32.1 Å². The van der Waals surface area contributed by atoms with Crippen molar-refractivity contribution in [2.24, 2.45) is 12.0 Å². The Kier molecular flexibility index (Phi) is 6.43. The van der Waals surface area contributed by atoms with Crippen molar-refractivity contribution >= 4 is 11.9 Å². The number of hydrogen-bond acceptors (Lipinski definition) is 5. The Morgan fingerprint density at radius 1 is 1.15 bits per heavy atom. The summed E-state index contributed by atoms with van der Waals surface area (Å²) in [5, 5.41) is 7.44. The maximum atomic E-state index is 12.3.